The van der Waals surface area contributed by atoms with Gasteiger partial charge >= 0.3 is 6.01 Å². The lowest BCUT2D eigenvalue weighted by molar-refractivity contribution is 0.286. The zero-order chi connectivity index (χ0) is 25.8. The van der Waals surface area contributed by atoms with E-state index in [1.807, 2.05) is 41.0 Å². The number of imidazole rings is 1. The fourth-order valence-corrected chi connectivity index (χ4v) is 4.67. The number of nitrogens with two attached hydrogens (primary N) is 1. The van der Waals surface area contributed by atoms with E-state index in [0.29, 0.717) is 36.9 Å². The summed E-state index contributed by atoms with van der Waals surface area (Å²) in [5.41, 5.74) is 10.7. The van der Waals surface area contributed by atoms with Crippen molar-refractivity contribution in [3.05, 3.63) is 59.4 Å². The Morgan fingerprint density at radius 2 is 1.73 bits per heavy atom. The summed E-state index contributed by atoms with van der Waals surface area (Å²) in [5.74, 6) is 0.0939. The van der Waals surface area contributed by atoms with E-state index >= 15 is 0 Å². The predicted molar refractivity (Wildman–Crippen MR) is 142 cm³/mol. The van der Waals surface area contributed by atoms with Crippen molar-refractivity contribution >= 4 is 17.0 Å². The maximum Gasteiger partial charge on any atom is 0.320 e. The molecule has 0 spiro atoms. The van der Waals surface area contributed by atoms with Crippen LogP contribution in [-0.4, -0.2) is 51.2 Å². The van der Waals surface area contributed by atoms with Crippen molar-refractivity contribution in [3.8, 4) is 23.1 Å². The number of fused-ring (bicyclic) bond motifs is 1. The molecule has 4 aromatic rings. The van der Waals surface area contributed by atoms with Crippen molar-refractivity contribution in [2.75, 3.05) is 32.5 Å². The van der Waals surface area contributed by atoms with Gasteiger partial charge in [-0.1, -0.05) is 49.7 Å². The molecule has 8 nitrogen and oxygen atoms in total. The minimum Gasteiger partial charge on any atom is -0.468 e. The largest absolute Gasteiger partial charge is 0.468 e. The number of ether oxygens (including phenoxy) is 2. The van der Waals surface area contributed by atoms with Crippen LogP contribution in [0.3, 0.4) is 0 Å². The first-order valence-corrected chi connectivity index (χ1v) is 12.9. The lowest BCUT2D eigenvalue weighted by atomic mass is 10.0. The van der Waals surface area contributed by atoms with Crippen LogP contribution in [0.15, 0.2) is 42.5 Å². The highest BCUT2D eigenvalue weighted by Gasteiger charge is 2.19. The maximum atomic E-state index is 14.8. The minimum atomic E-state index is -0.155. The summed E-state index contributed by atoms with van der Waals surface area (Å²) in [6.45, 7) is 5.85. The molecule has 0 unspecified atom stereocenters. The standard InChI is InChI=1S/C28H33FN6O2/c1-3-4-15-37-27-32-25(30)24-26(33-27)35(28(31-24)36-2)17-19-7-9-20(10-8-19)21-11-12-22(23(29)16-21)18-34-13-5-6-14-34/h7-12,16H,3-6,13-15,17-18H2,1-2H3,(H2,30,32,33). The first-order chi connectivity index (χ1) is 18.1. The van der Waals surface area contributed by atoms with Gasteiger partial charge in [0.15, 0.2) is 17.0 Å². The molecule has 2 N–H and O–H groups in total. The van der Waals surface area contributed by atoms with Crippen LogP contribution in [-0.2, 0) is 13.1 Å². The van der Waals surface area contributed by atoms with Gasteiger partial charge in [-0.2, -0.15) is 15.0 Å². The van der Waals surface area contributed by atoms with Crippen LogP contribution in [0.1, 0.15) is 43.7 Å². The summed E-state index contributed by atoms with van der Waals surface area (Å²) >= 11 is 0. The normalized spacial score (nSPS) is 13.9. The highest BCUT2D eigenvalue weighted by atomic mass is 19.1. The van der Waals surface area contributed by atoms with Gasteiger partial charge in [0, 0.05) is 12.1 Å². The average molecular weight is 505 g/mol. The van der Waals surface area contributed by atoms with Crippen molar-refractivity contribution in [2.24, 2.45) is 0 Å². The molecule has 0 radical (unpaired) electrons. The van der Waals surface area contributed by atoms with Crippen LogP contribution in [0.5, 0.6) is 12.0 Å². The smallest absolute Gasteiger partial charge is 0.320 e. The topological polar surface area (TPSA) is 91.3 Å². The summed E-state index contributed by atoms with van der Waals surface area (Å²) in [4.78, 5) is 15.6. The zero-order valence-corrected chi connectivity index (χ0v) is 21.4. The monoisotopic (exact) mass is 504 g/mol. The van der Waals surface area contributed by atoms with E-state index in [-0.39, 0.29) is 17.6 Å². The Kier molecular flexibility index (Phi) is 7.50. The molecule has 0 amide bonds. The molecule has 9 heteroatoms. The highest BCUT2D eigenvalue weighted by molar-refractivity contribution is 5.83. The van der Waals surface area contributed by atoms with Crippen LogP contribution in [0, 0.1) is 5.82 Å². The molecule has 194 valence electrons. The van der Waals surface area contributed by atoms with Crippen LogP contribution < -0.4 is 15.2 Å². The van der Waals surface area contributed by atoms with Crippen molar-refractivity contribution in [1.82, 2.24) is 24.4 Å². The van der Waals surface area contributed by atoms with Crippen LogP contribution in [0.4, 0.5) is 10.2 Å². The second kappa shape index (κ2) is 11.1. The zero-order valence-electron chi connectivity index (χ0n) is 21.4. The molecule has 0 saturated carbocycles. The number of likely N-dealkylation sites (tertiary alicyclic amines) is 1. The molecular formula is C28H33FN6O2. The van der Waals surface area contributed by atoms with E-state index in [0.717, 1.165) is 48.2 Å². The van der Waals surface area contributed by atoms with E-state index in [9.17, 15) is 4.39 Å². The molecule has 0 atom stereocenters. The number of benzene rings is 2. The highest BCUT2D eigenvalue weighted by Crippen LogP contribution is 2.28. The first kappa shape index (κ1) is 25.0. The Hall–Kier alpha value is -3.72. The molecule has 2 aromatic carbocycles. The Bertz CT molecular complexity index is 1370. The number of nitrogens with zero attached hydrogens (tertiary/aromatic N) is 5. The molecule has 37 heavy (non-hydrogen) atoms. The molecular weight excluding hydrogens is 471 g/mol. The molecule has 5 rings (SSSR count). The van der Waals surface area contributed by atoms with Gasteiger partial charge in [0.25, 0.3) is 6.01 Å². The van der Waals surface area contributed by atoms with Gasteiger partial charge in [0.2, 0.25) is 0 Å². The Labute approximate surface area is 216 Å². The average Bonchev–Trinajstić information content (AvgIpc) is 3.54. The number of rotatable bonds is 10. The van der Waals surface area contributed by atoms with E-state index < -0.39 is 0 Å². The van der Waals surface area contributed by atoms with Crippen LogP contribution in [0.25, 0.3) is 22.3 Å². The molecule has 1 aliphatic rings. The molecule has 1 aliphatic heterocycles. The molecule has 1 saturated heterocycles. The second-order valence-electron chi connectivity index (χ2n) is 9.44. The van der Waals surface area contributed by atoms with Gasteiger partial charge in [-0.3, -0.25) is 9.47 Å². The van der Waals surface area contributed by atoms with E-state index in [1.165, 1.54) is 12.8 Å². The number of anilines is 1. The fraction of sp³-hybridized carbons (Fsp3) is 0.393. The number of methoxy groups -OCH3 is 1. The summed E-state index contributed by atoms with van der Waals surface area (Å²) in [5, 5.41) is 0. The van der Waals surface area contributed by atoms with Gasteiger partial charge in [-0.05, 0) is 55.1 Å². The van der Waals surface area contributed by atoms with E-state index in [1.54, 1.807) is 13.2 Å². The number of hydrogen-bond acceptors (Lipinski definition) is 7. The quantitative estimate of drug-likeness (QED) is 0.302. The Morgan fingerprint density at radius 3 is 2.43 bits per heavy atom. The SMILES string of the molecule is CCCCOc1nc(N)c2nc(OC)n(Cc3ccc(-c4ccc(CN5CCCC5)c(F)c4)cc3)c2n1. The molecule has 2 aromatic heterocycles. The minimum absolute atomic E-state index is 0.155. The number of halogens is 1. The number of nitrogen functional groups attached to an aromatic ring is 1. The summed E-state index contributed by atoms with van der Waals surface area (Å²) in [7, 11) is 1.56. The lowest BCUT2D eigenvalue weighted by Gasteiger charge is -2.15. The molecule has 0 aliphatic carbocycles. The first-order valence-electron chi connectivity index (χ1n) is 12.9. The van der Waals surface area contributed by atoms with Gasteiger partial charge in [0.1, 0.15) is 5.82 Å². The lowest BCUT2D eigenvalue weighted by Crippen LogP contribution is -2.19. The summed E-state index contributed by atoms with van der Waals surface area (Å²) in [6.07, 6.45) is 4.30. The van der Waals surface area contributed by atoms with Crippen LogP contribution in [0.2, 0.25) is 0 Å². The van der Waals surface area contributed by atoms with Gasteiger partial charge < -0.3 is 15.2 Å². The summed E-state index contributed by atoms with van der Waals surface area (Å²) in [6, 6.07) is 14.2. The van der Waals surface area contributed by atoms with Crippen molar-refractivity contribution in [2.45, 2.75) is 45.7 Å². The molecule has 1 fully saturated rings. The third kappa shape index (κ3) is 5.51. The summed E-state index contributed by atoms with van der Waals surface area (Å²) < 4.78 is 27.9. The molecule has 3 heterocycles. The van der Waals surface area contributed by atoms with Gasteiger partial charge in [0.05, 0.1) is 20.3 Å². The number of unbranched alkanes of at least 4 members (excludes halogenated alkanes) is 1. The third-order valence-electron chi connectivity index (χ3n) is 6.75. The van der Waals surface area contributed by atoms with Crippen LogP contribution >= 0.6 is 0 Å². The molecule has 0 bridgehead atoms. The van der Waals surface area contributed by atoms with Crippen molar-refractivity contribution in [3.63, 3.8) is 0 Å². The number of hydrogen-bond donors (Lipinski definition) is 1. The van der Waals surface area contributed by atoms with E-state index in [4.69, 9.17) is 15.2 Å². The number of aromatic nitrogens is 4. The fourth-order valence-electron chi connectivity index (χ4n) is 4.67. The van der Waals surface area contributed by atoms with Crippen molar-refractivity contribution in [1.29, 1.82) is 0 Å². The second-order valence-corrected chi connectivity index (χ2v) is 9.44. The third-order valence-corrected chi connectivity index (χ3v) is 6.75. The van der Waals surface area contributed by atoms with Gasteiger partial charge in [-0.15, -0.1) is 0 Å². The van der Waals surface area contributed by atoms with E-state index in [2.05, 4.69) is 26.8 Å². The maximum absolute atomic E-state index is 14.8. The Morgan fingerprint density at radius 1 is 0.973 bits per heavy atom. The van der Waals surface area contributed by atoms with Gasteiger partial charge in [-0.25, -0.2) is 4.39 Å². The predicted octanol–water partition coefficient (Wildman–Crippen LogP) is 5.05. The van der Waals surface area contributed by atoms with Crippen molar-refractivity contribution < 1.29 is 13.9 Å². The Balaban J connectivity index is 1.36.